The average molecular weight is 515 g/mol. The van der Waals surface area contributed by atoms with Crippen molar-refractivity contribution in [2.75, 3.05) is 69.6 Å². The van der Waals surface area contributed by atoms with Crippen LogP contribution in [0.1, 0.15) is 21.6 Å². The molecule has 7 nitrogen and oxygen atoms in total. The number of benzene rings is 2. The summed E-state index contributed by atoms with van der Waals surface area (Å²) in [4.78, 5) is 26.5. The van der Waals surface area contributed by atoms with E-state index in [9.17, 15) is 9.18 Å². The summed E-state index contributed by atoms with van der Waals surface area (Å²) in [6.07, 6.45) is 1.72. The van der Waals surface area contributed by atoms with Gasteiger partial charge in [-0.2, -0.15) is 0 Å². The third kappa shape index (κ3) is 6.38. The Bertz CT molecular complexity index is 1230. The molecule has 1 aromatic heterocycles. The first-order chi connectivity index (χ1) is 18.4. The summed E-state index contributed by atoms with van der Waals surface area (Å²) in [5, 5.41) is 2.95. The number of anilines is 2. The summed E-state index contributed by atoms with van der Waals surface area (Å²) in [6, 6.07) is 18.4. The molecule has 8 heteroatoms. The summed E-state index contributed by atoms with van der Waals surface area (Å²) >= 11 is 0. The van der Waals surface area contributed by atoms with Crippen molar-refractivity contribution in [1.82, 2.24) is 19.7 Å². The smallest absolute Gasteiger partial charge is 0.274 e. The van der Waals surface area contributed by atoms with Gasteiger partial charge in [-0.25, -0.2) is 4.39 Å². The standard InChI is InChI=1S/C30H35FN6O/c1-23(36-19-15-35(16-20-36)22-24-3-6-26(31)7-4-24)25-5-12-29(32-21-25)30(38)33-27-8-10-28(11-9-27)37-17-13-34(2)14-18-37/h3-12,21H,1,13-20,22H2,2H3,(H,33,38). The van der Waals surface area contributed by atoms with Crippen LogP contribution in [0, 0.1) is 5.82 Å². The molecule has 0 bridgehead atoms. The number of hydrogen-bond donors (Lipinski definition) is 1. The van der Waals surface area contributed by atoms with Gasteiger partial charge in [-0.15, -0.1) is 0 Å². The molecule has 2 aliphatic heterocycles. The molecule has 3 aromatic rings. The highest BCUT2D eigenvalue weighted by Gasteiger charge is 2.20. The van der Waals surface area contributed by atoms with Gasteiger partial charge in [-0.1, -0.05) is 18.7 Å². The number of nitrogens with zero attached hydrogens (tertiary/aromatic N) is 5. The lowest BCUT2D eigenvalue weighted by molar-refractivity contribution is 0.102. The Morgan fingerprint density at radius 2 is 1.58 bits per heavy atom. The van der Waals surface area contributed by atoms with Crippen LogP contribution in [-0.4, -0.2) is 85.0 Å². The minimum Gasteiger partial charge on any atom is -0.369 e. The Morgan fingerprint density at radius 1 is 0.895 bits per heavy atom. The van der Waals surface area contributed by atoms with Gasteiger partial charge < -0.3 is 20.0 Å². The molecule has 0 radical (unpaired) electrons. The summed E-state index contributed by atoms with van der Waals surface area (Å²) in [5.74, 6) is -0.439. The highest BCUT2D eigenvalue weighted by Crippen LogP contribution is 2.22. The molecule has 1 N–H and O–H groups in total. The minimum absolute atomic E-state index is 0.206. The van der Waals surface area contributed by atoms with E-state index < -0.39 is 0 Å². The van der Waals surface area contributed by atoms with Gasteiger partial charge in [0.2, 0.25) is 0 Å². The number of likely N-dealkylation sites (N-methyl/N-ethyl adjacent to an activating group) is 1. The first-order valence-corrected chi connectivity index (χ1v) is 13.2. The first-order valence-electron chi connectivity index (χ1n) is 13.2. The van der Waals surface area contributed by atoms with Gasteiger partial charge in [0, 0.05) is 87.7 Å². The number of rotatable bonds is 7. The molecule has 0 atom stereocenters. The van der Waals surface area contributed by atoms with Gasteiger partial charge in [-0.3, -0.25) is 14.7 Å². The quantitative estimate of drug-likeness (QED) is 0.514. The fraction of sp³-hybridized carbons (Fsp3) is 0.333. The Morgan fingerprint density at radius 3 is 2.21 bits per heavy atom. The average Bonchev–Trinajstić information content (AvgIpc) is 2.95. The maximum absolute atomic E-state index is 13.2. The summed E-state index contributed by atoms with van der Waals surface area (Å²) in [7, 11) is 2.15. The van der Waals surface area contributed by atoms with Crippen molar-refractivity contribution in [2.24, 2.45) is 0 Å². The van der Waals surface area contributed by atoms with E-state index in [0.717, 1.165) is 81.4 Å². The van der Waals surface area contributed by atoms with E-state index in [0.29, 0.717) is 5.69 Å². The maximum Gasteiger partial charge on any atom is 0.274 e. The highest BCUT2D eigenvalue weighted by molar-refractivity contribution is 6.03. The zero-order valence-corrected chi connectivity index (χ0v) is 21.9. The van der Waals surface area contributed by atoms with E-state index >= 15 is 0 Å². The number of aromatic nitrogens is 1. The van der Waals surface area contributed by atoms with Crippen molar-refractivity contribution in [3.63, 3.8) is 0 Å². The number of hydrogen-bond acceptors (Lipinski definition) is 6. The van der Waals surface area contributed by atoms with Crippen LogP contribution in [0.15, 0.2) is 73.4 Å². The predicted octanol–water partition coefficient (Wildman–Crippen LogP) is 4.01. The monoisotopic (exact) mass is 514 g/mol. The van der Waals surface area contributed by atoms with E-state index in [-0.39, 0.29) is 11.7 Å². The molecule has 5 rings (SSSR count). The molecule has 0 unspecified atom stereocenters. The Hall–Kier alpha value is -3.75. The topological polar surface area (TPSA) is 55.0 Å². The van der Waals surface area contributed by atoms with Gasteiger partial charge in [0.25, 0.3) is 5.91 Å². The molecule has 1 amide bonds. The van der Waals surface area contributed by atoms with Crippen LogP contribution in [0.4, 0.5) is 15.8 Å². The Labute approximate surface area is 224 Å². The number of carbonyl (C=O) groups excluding carboxylic acids is 1. The van der Waals surface area contributed by atoms with Gasteiger partial charge in [0.15, 0.2) is 0 Å². The van der Waals surface area contributed by atoms with Crippen LogP contribution in [-0.2, 0) is 6.54 Å². The Kier molecular flexibility index (Phi) is 8.00. The molecule has 3 heterocycles. The second-order valence-corrected chi connectivity index (χ2v) is 10.1. The van der Waals surface area contributed by atoms with Crippen molar-refractivity contribution in [1.29, 1.82) is 0 Å². The summed E-state index contributed by atoms with van der Waals surface area (Å²) in [6.45, 7) is 12.7. The zero-order chi connectivity index (χ0) is 26.5. The molecule has 0 aliphatic carbocycles. The van der Waals surface area contributed by atoms with Crippen LogP contribution in [0.3, 0.4) is 0 Å². The molecule has 2 aliphatic rings. The highest BCUT2D eigenvalue weighted by atomic mass is 19.1. The van der Waals surface area contributed by atoms with E-state index in [1.165, 1.54) is 17.8 Å². The largest absolute Gasteiger partial charge is 0.369 e. The lowest BCUT2D eigenvalue weighted by Gasteiger charge is -2.37. The van der Waals surface area contributed by atoms with E-state index in [1.54, 1.807) is 12.3 Å². The number of halogens is 1. The van der Waals surface area contributed by atoms with Crippen LogP contribution in [0.2, 0.25) is 0 Å². The van der Waals surface area contributed by atoms with Gasteiger partial charge >= 0.3 is 0 Å². The normalized spacial score (nSPS) is 16.9. The fourth-order valence-corrected chi connectivity index (χ4v) is 4.92. The fourth-order valence-electron chi connectivity index (χ4n) is 4.92. The summed E-state index contributed by atoms with van der Waals surface area (Å²) in [5.41, 5.74) is 5.22. The minimum atomic E-state index is -0.232. The van der Waals surface area contributed by atoms with Crippen LogP contribution >= 0.6 is 0 Å². The van der Waals surface area contributed by atoms with Crippen LogP contribution in [0.5, 0.6) is 0 Å². The molecule has 2 aromatic carbocycles. The SMILES string of the molecule is C=C(c1ccc(C(=O)Nc2ccc(N3CCN(C)CC3)cc2)nc1)N1CCN(Cc2ccc(F)cc2)CC1. The lowest BCUT2D eigenvalue weighted by atomic mass is 10.1. The van der Waals surface area contributed by atoms with Crippen LogP contribution < -0.4 is 10.2 Å². The molecule has 38 heavy (non-hydrogen) atoms. The second-order valence-electron chi connectivity index (χ2n) is 10.1. The number of amides is 1. The number of nitrogens with one attached hydrogen (secondary N) is 1. The van der Waals surface area contributed by atoms with Crippen molar-refractivity contribution in [3.05, 3.63) is 96.1 Å². The first kappa shape index (κ1) is 25.9. The van der Waals surface area contributed by atoms with E-state index in [1.807, 2.05) is 30.3 Å². The van der Waals surface area contributed by atoms with Gasteiger partial charge in [-0.05, 0) is 61.1 Å². The third-order valence-corrected chi connectivity index (χ3v) is 7.40. The molecule has 0 saturated carbocycles. The maximum atomic E-state index is 13.2. The van der Waals surface area contributed by atoms with Crippen molar-refractivity contribution in [3.8, 4) is 0 Å². The number of pyridine rings is 1. The van der Waals surface area contributed by atoms with Gasteiger partial charge in [0.1, 0.15) is 11.5 Å². The van der Waals surface area contributed by atoms with Crippen molar-refractivity contribution < 1.29 is 9.18 Å². The van der Waals surface area contributed by atoms with E-state index in [4.69, 9.17) is 0 Å². The van der Waals surface area contributed by atoms with Crippen LogP contribution in [0.25, 0.3) is 5.70 Å². The second kappa shape index (κ2) is 11.8. The van der Waals surface area contributed by atoms with Crippen molar-refractivity contribution >= 4 is 23.0 Å². The van der Waals surface area contributed by atoms with Crippen molar-refractivity contribution in [2.45, 2.75) is 6.54 Å². The third-order valence-electron chi connectivity index (χ3n) is 7.40. The predicted molar refractivity (Wildman–Crippen MR) is 151 cm³/mol. The number of piperazine rings is 2. The molecule has 198 valence electrons. The molecular weight excluding hydrogens is 479 g/mol. The molecule has 2 fully saturated rings. The van der Waals surface area contributed by atoms with E-state index in [2.05, 4.69) is 55.7 Å². The summed E-state index contributed by atoms with van der Waals surface area (Å²) < 4.78 is 13.2. The zero-order valence-electron chi connectivity index (χ0n) is 21.9. The molecule has 0 spiro atoms. The molecular formula is C30H35FN6O. The number of carbonyl (C=O) groups is 1. The Balaban J connectivity index is 1.11. The molecule has 2 saturated heterocycles. The van der Waals surface area contributed by atoms with Gasteiger partial charge in [0.05, 0.1) is 0 Å². The lowest BCUT2D eigenvalue weighted by Crippen LogP contribution is -2.44.